The van der Waals surface area contributed by atoms with Crippen LogP contribution in [0.4, 0.5) is 0 Å². The van der Waals surface area contributed by atoms with Gasteiger partial charge in [0.25, 0.3) is 0 Å². The molecule has 0 amide bonds. The van der Waals surface area contributed by atoms with E-state index in [2.05, 4.69) is 18.2 Å². The summed E-state index contributed by atoms with van der Waals surface area (Å²) < 4.78 is 5.60. The van der Waals surface area contributed by atoms with E-state index >= 15 is 0 Å². The summed E-state index contributed by atoms with van der Waals surface area (Å²) in [6, 6.07) is 8.35. The van der Waals surface area contributed by atoms with Crippen molar-refractivity contribution in [3.63, 3.8) is 0 Å². The third-order valence-electron chi connectivity index (χ3n) is 2.84. The van der Waals surface area contributed by atoms with Crippen molar-refractivity contribution in [3.8, 4) is 5.75 Å². The number of benzene rings is 1. The Morgan fingerprint density at radius 2 is 2.21 bits per heavy atom. The second-order valence-corrected chi connectivity index (χ2v) is 3.80. The minimum absolute atomic E-state index is 0.656. The van der Waals surface area contributed by atoms with E-state index in [1.165, 1.54) is 12.0 Å². The second-order valence-electron chi connectivity index (χ2n) is 3.80. The van der Waals surface area contributed by atoms with Crippen LogP contribution in [0.3, 0.4) is 0 Å². The third kappa shape index (κ3) is 1.90. The monoisotopic (exact) mass is 191 g/mol. The Hall–Kier alpha value is -1.02. The lowest BCUT2D eigenvalue weighted by Crippen LogP contribution is -2.15. The Bertz CT molecular complexity index is 298. The van der Waals surface area contributed by atoms with Crippen LogP contribution in [0.15, 0.2) is 24.3 Å². The Kier molecular flexibility index (Phi) is 3.04. The molecule has 2 heteroatoms. The molecule has 1 heterocycles. The molecule has 0 fully saturated rings. The smallest absolute Gasteiger partial charge is 0.122 e. The van der Waals surface area contributed by atoms with E-state index in [4.69, 9.17) is 10.5 Å². The maximum atomic E-state index is 5.60. The van der Waals surface area contributed by atoms with Gasteiger partial charge in [0, 0.05) is 0 Å². The zero-order valence-corrected chi connectivity index (χ0v) is 8.41. The highest BCUT2D eigenvalue weighted by molar-refractivity contribution is 5.37. The molecule has 1 aromatic rings. The topological polar surface area (TPSA) is 35.2 Å². The van der Waals surface area contributed by atoms with Crippen molar-refractivity contribution in [1.82, 2.24) is 0 Å². The Morgan fingerprint density at radius 3 is 3.07 bits per heavy atom. The van der Waals surface area contributed by atoms with Gasteiger partial charge in [-0.1, -0.05) is 18.2 Å². The van der Waals surface area contributed by atoms with Crippen LogP contribution in [0, 0.1) is 0 Å². The van der Waals surface area contributed by atoms with Crippen molar-refractivity contribution < 1.29 is 4.74 Å². The molecule has 0 saturated carbocycles. The first kappa shape index (κ1) is 9.53. The molecule has 0 aliphatic carbocycles. The van der Waals surface area contributed by atoms with Crippen LogP contribution in [-0.4, -0.2) is 13.2 Å². The highest BCUT2D eigenvalue weighted by Gasteiger charge is 2.19. The van der Waals surface area contributed by atoms with Crippen LogP contribution in [0.1, 0.15) is 30.7 Å². The molecule has 1 aromatic carbocycles. The number of hydrogen-bond acceptors (Lipinski definition) is 2. The fraction of sp³-hybridized carbons (Fsp3) is 0.500. The minimum atomic E-state index is 0.656. The van der Waals surface area contributed by atoms with E-state index in [1.807, 2.05) is 6.07 Å². The van der Waals surface area contributed by atoms with Gasteiger partial charge in [0.1, 0.15) is 5.75 Å². The van der Waals surface area contributed by atoms with E-state index in [1.54, 1.807) is 0 Å². The van der Waals surface area contributed by atoms with Gasteiger partial charge in [0.15, 0.2) is 0 Å². The number of rotatable bonds is 3. The molecule has 1 unspecified atom stereocenters. The Balaban J connectivity index is 2.14. The Labute approximate surface area is 85.1 Å². The van der Waals surface area contributed by atoms with Crippen LogP contribution in [0.2, 0.25) is 0 Å². The molecule has 0 saturated heterocycles. The van der Waals surface area contributed by atoms with Gasteiger partial charge >= 0.3 is 0 Å². The summed E-state index contributed by atoms with van der Waals surface area (Å²) >= 11 is 0. The third-order valence-corrected chi connectivity index (χ3v) is 2.84. The van der Waals surface area contributed by atoms with Crippen LogP contribution in [0.5, 0.6) is 5.75 Å². The van der Waals surface area contributed by atoms with Crippen LogP contribution in [-0.2, 0) is 0 Å². The van der Waals surface area contributed by atoms with Crippen LogP contribution >= 0.6 is 0 Å². The fourth-order valence-electron chi connectivity index (χ4n) is 2.08. The van der Waals surface area contributed by atoms with Crippen molar-refractivity contribution in [2.75, 3.05) is 13.2 Å². The molecule has 1 aliphatic heterocycles. The second kappa shape index (κ2) is 4.47. The molecule has 76 valence electrons. The van der Waals surface area contributed by atoms with Crippen molar-refractivity contribution >= 4 is 0 Å². The van der Waals surface area contributed by atoms with Crippen molar-refractivity contribution in [2.24, 2.45) is 5.73 Å². The lowest BCUT2D eigenvalue weighted by molar-refractivity contribution is 0.262. The maximum absolute atomic E-state index is 5.60. The first-order valence-electron chi connectivity index (χ1n) is 5.33. The maximum Gasteiger partial charge on any atom is 0.122 e. The SMILES string of the molecule is NCCCC1CCOc2ccccc21. The quantitative estimate of drug-likeness (QED) is 0.795. The Morgan fingerprint density at radius 1 is 1.36 bits per heavy atom. The summed E-state index contributed by atoms with van der Waals surface area (Å²) in [7, 11) is 0. The first-order chi connectivity index (χ1) is 6.92. The summed E-state index contributed by atoms with van der Waals surface area (Å²) in [5, 5.41) is 0. The molecule has 0 aromatic heterocycles. The van der Waals surface area contributed by atoms with E-state index in [0.29, 0.717) is 5.92 Å². The van der Waals surface area contributed by atoms with Gasteiger partial charge in [0.2, 0.25) is 0 Å². The van der Waals surface area contributed by atoms with E-state index in [9.17, 15) is 0 Å². The average Bonchev–Trinajstić information content (AvgIpc) is 2.26. The van der Waals surface area contributed by atoms with Crippen molar-refractivity contribution in [1.29, 1.82) is 0 Å². The standard InChI is InChI=1S/C12H17NO/c13-8-3-4-10-7-9-14-12-6-2-1-5-11(10)12/h1-2,5-6,10H,3-4,7-9,13H2. The molecule has 0 bridgehead atoms. The predicted molar refractivity (Wildman–Crippen MR) is 57.6 cm³/mol. The van der Waals surface area contributed by atoms with Gasteiger partial charge in [-0.3, -0.25) is 0 Å². The van der Waals surface area contributed by atoms with Crippen molar-refractivity contribution in [3.05, 3.63) is 29.8 Å². The van der Waals surface area contributed by atoms with E-state index in [-0.39, 0.29) is 0 Å². The number of nitrogens with two attached hydrogens (primary N) is 1. The number of ether oxygens (including phenoxy) is 1. The molecule has 1 aliphatic rings. The largest absolute Gasteiger partial charge is 0.493 e. The van der Waals surface area contributed by atoms with Gasteiger partial charge < -0.3 is 10.5 Å². The minimum Gasteiger partial charge on any atom is -0.493 e. The molecule has 0 spiro atoms. The molecular weight excluding hydrogens is 174 g/mol. The van der Waals surface area contributed by atoms with E-state index in [0.717, 1.165) is 31.7 Å². The zero-order chi connectivity index (χ0) is 9.80. The first-order valence-corrected chi connectivity index (χ1v) is 5.33. The highest BCUT2D eigenvalue weighted by atomic mass is 16.5. The lowest BCUT2D eigenvalue weighted by Gasteiger charge is -2.25. The molecule has 14 heavy (non-hydrogen) atoms. The summed E-state index contributed by atoms with van der Waals surface area (Å²) in [6.45, 7) is 1.64. The fourth-order valence-corrected chi connectivity index (χ4v) is 2.08. The van der Waals surface area contributed by atoms with Gasteiger partial charge in [-0.25, -0.2) is 0 Å². The average molecular weight is 191 g/mol. The summed E-state index contributed by atoms with van der Waals surface area (Å²) in [4.78, 5) is 0. The highest BCUT2D eigenvalue weighted by Crippen LogP contribution is 2.35. The van der Waals surface area contributed by atoms with Gasteiger partial charge in [-0.15, -0.1) is 0 Å². The molecule has 2 rings (SSSR count). The van der Waals surface area contributed by atoms with Crippen molar-refractivity contribution in [2.45, 2.75) is 25.2 Å². The summed E-state index contributed by atoms with van der Waals surface area (Å²) in [6.07, 6.45) is 3.44. The number of hydrogen-bond donors (Lipinski definition) is 1. The summed E-state index contributed by atoms with van der Waals surface area (Å²) in [5.74, 6) is 1.73. The zero-order valence-electron chi connectivity index (χ0n) is 8.41. The molecule has 0 radical (unpaired) electrons. The van der Waals surface area contributed by atoms with Crippen LogP contribution in [0.25, 0.3) is 0 Å². The molecule has 2 nitrogen and oxygen atoms in total. The van der Waals surface area contributed by atoms with E-state index < -0.39 is 0 Å². The summed E-state index contributed by atoms with van der Waals surface area (Å²) in [5.41, 5.74) is 6.90. The van der Waals surface area contributed by atoms with Crippen LogP contribution < -0.4 is 10.5 Å². The lowest BCUT2D eigenvalue weighted by atomic mass is 9.89. The van der Waals surface area contributed by atoms with Gasteiger partial charge in [0.05, 0.1) is 6.61 Å². The van der Waals surface area contributed by atoms with Gasteiger partial charge in [-0.05, 0) is 43.4 Å². The molecular formula is C12H17NO. The van der Waals surface area contributed by atoms with Gasteiger partial charge in [-0.2, -0.15) is 0 Å². The molecule has 1 atom stereocenters. The number of fused-ring (bicyclic) bond motifs is 1. The molecule has 2 N–H and O–H groups in total. The number of para-hydroxylation sites is 1. The predicted octanol–water partition coefficient (Wildman–Crippen LogP) is 2.29. The normalized spacial score (nSPS) is 19.9.